The van der Waals surface area contributed by atoms with E-state index in [0.29, 0.717) is 0 Å². The summed E-state index contributed by atoms with van der Waals surface area (Å²) in [6.45, 7) is 0. The normalized spacial score (nSPS) is 12.2. The van der Waals surface area contributed by atoms with Crippen molar-refractivity contribution in [1.82, 2.24) is 0 Å². The molecule has 26 heavy (non-hydrogen) atoms. The second kappa shape index (κ2) is 6.30. The van der Waals surface area contributed by atoms with Gasteiger partial charge in [-0.15, -0.1) is 0 Å². The van der Waals surface area contributed by atoms with Crippen molar-refractivity contribution < 1.29 is 19.1 Å². The number of fused-ring (bicyclic) bond motifs is 3. The van der Waals surface area contributed by atoms with Crippen molar-refractivity contribution in [3.63, 3.8) is 0 Å². The molecule has 130 valence electrons. The van der Waals surface area contributed by atoms with E-state index >= 15 is 0 Å². The number of benzene rings is 3. The maximum atomic E-state index is 12.1. The van der Waals surface area contributed by atoms with Crippen LogP contribution in [-0.4, -0.2) is 26.2 Å². The Hall–Kier alpha value is -3.14. The van der Waals surface area contributed by atoms with E-state index < -0.39 is 11.9 Å². The Balaban J connectivity index is 1.84. The van der Waals surface area contributed by atoms with Crippen molar-refractivity contribution in [3.8, 4) is 0 Å². The van der Waals surface area contributed by atoms with Gasteiger partial charge in [0.15, 0.2) is 0 Å². The van der Waals surface area contributed by atoms with E-state index in [1.54, 1.807) is 12.1 Å². The van der Waals surface area contributed by atoms with Crippen LogP contribution in [0.5, 0.6) is 0 Å². The summed E-state index contributed by atoms with van der Waals surface area (Å²) in [5, 5.41) is 2.41. The number of hydrogen-bond donors (Lipinski definition) is 0. The van der Waals surface area contributed by atoms with Gasteiger partial charge in [-0.05, 0) is 58.0 Å². The van der Waals surface area contributed by atoms with Crippen LogP contribution in [0.1, 0.15) is 43.0 Å². The van der Waals surface area contributed by atoms with Crippen LogP contribution in [-0.2, 0) is 22.3 Å². The Bertz CT molecular complexity index is 966. The van der Waals surface area contributed by atoms with Crippen LogP contribution in [0.15, 0.2) is 48.5 Å². The lowest BCUT2D eigenvalue weighted by atomic mass is 9.82. The van der Waals surface area contributed by atoms with Crippen LogP contribution in [0, 0.1) is 0 Å². The zero-order valence-electron chi connectivity index (χ0n) is 14.7. The largest absolute Gasteiger partial charge is 0.465 e. The lowest BCUT2D eigenvalue weighted by Crippen LogP contribution is -2.16. The minimum Gasteiger partial charge on any atom is -0.465 e. The molecule has 0 bridgehead atoms. The van der Waals surface area contributed by atoms with Crippen LogP contribution >= 0.6 is 0 Å². The molecule has 0 radical (unpaired) electrons. The van der Waals surface area contributed by atoms with Crippen molar-refractivity contribution in [1.29, 1.82) is 0 Å². The van der Waals surface area contributed by atoms with Crippen LogP contribution in [0.2, 0.25) is 0 Å². The first kappa shape index (κ1) is 16.3. The summed E-state index contributed by atoms with van der Waals surface area (Å²) < 4.78 is 9.69. The lowest BCUT2D eigenvalue weighted by molar-refractivity contribution is 0.0555. The molecule has 3 aromatic carbocycles. The van der Waals surface area contributed by atoms with E-state index in [2.05, 4.69) is 24.3 Å². The molecule has 3 aromatic rings. The van der Waals surface area contributed by atoms with Gasteiger partial charge in [0.2, 0.25) is 0 Å². The zero-order valence-corrected chi connectivity index (χ0v) is 14.7. The molecule has 0 aliphatic heterocycles. The van der Waals surface area contributed by atoms with Gasteiger partial charge in [0.25, 0.3) is 0 Å². The van der Waals surface area contributed by atoms with E-state index in [4.69, 9.17) is 9.47 Å². The highest BCUT2D eigenvalue weighted by Gasteiger charge is 2.24. The fourth-order valence-corrected chi connectivity index (χ4v) is 3.65. The van der Waals surface area contributed by atoms with E-state index in [0.717, 1.165) is 24.0 Å². The zero-order chi connectivity index (χ0) is 18.3. The SMILES string of the molecule is COC(=O)c1cc2c(cc1C(=O)OC)Cc1cc3ccccc3cc1C2. The highest BCUT2D eigenvalue weighted by atomic mass is 16.5. The molecular formula is C22H18O4. The van der Waals surface area contributed by atoms with Gasteiger partial charge in [-0.1, -0.05) is 36.4 Å². The number of esters is 2. The average Bonchev–Trinajstić information content (AvgIpc) is 2.68. The third-order valence-electron chi connectivity index (χ3n) is 4.98. The minimum atomic E-state index is -0.530. The second-order valence-corrected chi connectivity index (χ2v) is 6.47. The summed E-state index contributed by atoms with van der Waals surface area (Å²) in [6.07, 6.45) is 1.45. The minimum absolute atomic E-state index is 0.252. The van der Waals surface area contributed by atoms with Gasteiger partial charge in [-0.3, -0.25) is 0 Å². The number of ether oxygens (including phenoxy) is 2. The van der Waals surface area contributed by atoms with E-state index in [-0.39, 0.29) is 11.1 Å². The first-order chi connectivity index (χ1) is 12.6. The van der Waals surface area contributed by atoms with Crippen molar-refractivity contribution in [2.45, 2.75) is 12.8 Å². The van der Waals surface area contributed by atoms with Crippen molar-refractivity contribution in [3.05, 3.63) is 81.9 Å². The first-order valence-corrected chi connectivity index (χ1v) is 8.43. The molecule has 0 aromatic heterocycles. The fourth-order valence-electron chi connectivity index (χ4n) is 3.65. The van der Waals surface area contributed by atoms with Crippen LogP contribution in [0.4, 0.5) is 0 Å². The van der Waals surface area contributed by atoms with E-state index in [1.165, 1.54) is 36.1 Å². The van der Waals surface area contributed by atoms with Gasteiger partial charge >= 0.3 is 11.9 Å². The summed E-state index contributed by atoms with van der Waals surface area (Å²) in [5.74, 6) is -1.06. The first-order valence-electron chi connectivity index (χ1n) is 8.43. The Kier molecular flexibility index (Phi) is 3.96. The highest BCUT2D eigenvalue weighted by molar-refractivity contribution is 6.03. The Labute approximate surface area is 151 Å². The molecule has 1 aliphatic carbocycles. The predicted octanol–water partition coefficient (Wildman–Crippen LogP) is 3.91. The Morgan fingerprint density at radius 3 is 1.46 bits per heavy atom. The monoisotopic (exact) mass is 346 g/mol. The lowest BCUT2D eigenvalue weighted by Gasteiger charge is -2.22. The predicted molar refractivity (Wildman–Crippen MR) is 98.7 cm³/mol. The van der Waals surface area contributed by atoms with Crippen molar-refractivity contribution >= 4 is 22.7 Å². The molecule has 1 aliphatic rings. The van der Waals surface area contributed by atoms with Gasteiger partial charge in [0.05, 0.1) is 25.3 Å². The molecule has 4 nitrogen and oxygen atoms in total. The van der Waals surface area contributed by atoms with Crippen molar-refractivity contribution in [2.75, 3.05) is 14.2 Å². The van der Waals surface area contributed by atoms with Crippen molar-refractivity contribution in [2.24, 2.45) is 0 Å². The molecule has 0 spiro atoms. The van der Waals surface area contributed by atoms with E-state index in [9.17, 15) is 9.59 Å². The topological polar surface area (TPSA) is 52.6 Å². The number of carbonyl (C=O) groups excluding carboxylic acids is 2. The smallest absolute Gasteiger partial charge is 0.338 e. The molecular weight excluding hydrogens is 328 g/mol. The van der Waals surface area contributed by atoms with Gasteiger partial charge in [-0.25, -0.2) is 9.59 Å². The highest BCUT2D eigenvalue weighted by Crippen LogP contribution is 2.32. The second-order valence-electron chi connectivity index (χ2n) is 6.47. The van der Waals surface area contributed by atoms with Gasteiger partial charge in [0, 0.05) is 0 Å². The fraction of sp³-hybridized carbons (Fsp3) is 0.182. The van der Waals surface area contributed by atoms with Crippen LogP contribution < -0.4 is 0 Å². The Morgan fingerprint density at radius 2 is 1.08 bits per heavy atom. The molecule has 0 amide bonds. The maximum Gasteiger partial charge on any atom is 0.338 e. The molecule has 4 heteroatoms. The molecule has 0 atom stereocenters. The molecule has 0 fully saturated rings. The Morgan fingerprint density at radius 1 is 0.692 bits per heavy atom. The third kappa shape index (κ3) is 2.64. The molecule has 0 saturated carbocycles. The van der Waals surface area contributed by atoms with E-state index in [1.807, 2.05) is 12.1 Å². The van der Waals surface area contributed by atoms with Crippen LogP contribution in [0.3, 0.4) is 0 Å². The molecule has 0 saturated heterocycles. The number of rotatable bonds is 2. The van der Waals surface area contributed by atoms with Gasteiger partial charge in [0.1, 0.15) is 0 Å². The quantitative estimate of drug-likeness (QED) is 0.517. The average molecular weight is 346 g/mol. The van der Waals surface area contributed by atoms with Crippen LogP contribution in [0.25, 0.3) is 10.8 Å². The summed E-state index contributed by atoms with van der Waals surface area (Å²) in [7, 11) is 2.62. The summed E-state index contributed by atoms with van der Waals surface area (Å²) in [6, 6.07) is 16.2. The molecule has 4 rings (SSSR count). The number of hydrogen-bond acceptors (Lipinski definition) is 4. The number of methoxy groups -OCH3 is 2. The molecule has 0 N–H and O–H groups in total. The summed E-state index contributed by atoms with van der Waals surface area (Å²) in [4.78, 5) is 24.3. The maximum absolute atomic E-state index is 12.1. The molecule has 0 unspecified atom stereocenters. The van der Waals surface area contributed by atoms with Gasteiger partial charge < -0.3 is 9.47 Å². The standard InChI is InChI=1S/C22H18O4/c1-25-21(23)19-11-17-9-15-7-13-5-3-4-6-14(13)8-16(15)10-18(17)12-20(19)22(24)26-2/h3-8,11-12H,9-10H2,1-2H3. The third-order valence-corrected chi connectivity index (χ3v) is 4.98. The summed E-state index contributed by atoms with van der Waals surface area (Å²) >= 11 is 0. The summed E-state index contributed by atoms with van der Waals surface area (Å²) in [5.41, 5.74) is 5.09. The molecule has 0 heterocycles. The van der Waals surface area contributed by atoms with Gasteiger partial charge in [-0.2, -0.15) is 0 Å². The number of carbonyl (C=O) groups is 2.